The molecule has 3 amide bonds. The Morgan fingerprint density at radius 1 is 1.29 bits per heavy atom. The van der Waals surface area contributed by atoms with Crippen LogP contribution in [0.1, 0.15) is 32.3 Å². The van der Waals surface area contributed by atoms with Crippen LogP contribution in [0.3, 0.4) is 0 Å². The van der Waals surface area contributed by atoms with E-state index in [4.69, 9.17) is 4.74 Å². The second kappa shape index (κ2) is 8.57. The molecule has 24 heavy (non-hydrogen) atoms. The molecular formula is C18H27N3O3. The molecule has 6 nitrogen and oxygen atoms in total. The van der Waals surface area contributed by atoms with E-state index in [2.05, 4.69) is 5.32 Å². The van der Waals surface area contributed by atoms with Crippen molar-refractivity contribution in [2.24, 2.45) is 0 Å². The van der Waals surface area contributed by atoms with Crippen LogP contribution in [0.2, 0.25) is 0 Å². The van der Waals surface area contributed by atoms with Crippen molar-refractivity contribution in [3.05, 3.63) is 29.8 Å². The number of amides is 3. The highest BCUT2D eigenvalue weighted by Gasteiger charge is 2.26. The van der Waals surface area contributed by atoms with Gasteiger partial charge in [-0.05, 0) is 51.3 Å². The van der Waals surface area contributed by atoms with E-state index in [1.165, 1.54) is 0 Å². The average molecular weight is 333 g/mol. The molecule has 1 heterocycles. The van der Waals surface area contributed by atoms with Crippen LogP contribution in [0.25, 0.3) is 0 Å². The van der Waals surface area contributed by atoms with Crippen molar-refractivity contribution in [1.82, 2.24) is 10.2 Å². The van der Waals surface area contributed by atoms with Gasteiger partial charge >= 0.3 is 12.1 Å². The SMILES string of the molecule is CCOC(=O)N1CCC(NC(=O)N(CC)c2cccc(C)c2)CC1. The standard InChI is InChI=1S/C18H27N3O3/c1-4-21(16-8-6-7-14(3)13-16)17(22)19-15-9-11-20(12-10-15)18(23)24-5-2/h6-8,13,15H,4-5,9-12H2,1-3H3,(H,19,22). The van der Waals surface area contributed by atoms with E-state index in [0.717, 1.165) is 24.1 Å². The summed E-state index contributed by atoms with van der Waals surface area (Å²) in [6.07, 6.45) is 1.23. The van der Waals surface area contributed by atoms with Gasteiger partial charge in [0, 0.05) is 31.4 Å². The molecule has 1 fully saturated rings. The second-order valence-corrected chi connectivity index (χ2v) is 5.99. The number of aryl methyl sites for hydroxylation is 1. The quantitative estimate of drug-likeness (QED) is 0.921. The Morgan fingerprint density at radius 2 is 2.00 bits per heavy atom. The van der Waals surface area contributed by atoms with E-state index in [9.17, 15) is 9.59 Å². The maximum atomic E-state index is 12.6. The van der Waals surface area contributed by atoms with Crippen LogP contribution < -0.4 is 10.2 Å². The summed E-state index contributed by atoms with van der Waals surface area (Å²) in [5, 5.41) is 3.09. The fraction of sp³-hybridized carbons (Fsp3) is 0.556. The molecule has 1 N–H and O–H groups in total. The molecule has 2 rings (SSSR count). The number of nitrogens with zero attached hydrogens (tertiary/aromatic N) is 2. The second-order valence-electron chi connectivity index (χ2n) is 5.99. The number of piperidine rings is 1. The predicted molar refractivity (Wildman–Crippen MR) is 94.3 cm³/mol. The molecular weight excluding hydrogens is 306 g/mol. The van der Waals surface area contributed by atoms with Crippen molar-refractivity contribution in [3.63, 3.8) is 0 Å². The number of anilines is 1. The molecule has 0 aromatic heterocycles. The van der Waals surface area contributed by atoms with E-state index in [0.29, 0.717) is 26.2 Å². The Labute approximate surface area is 143 Å². The molecule has 0 bridgehead atoms. The Morgan fingerprint density at radius 3 is 2.58 bits per heavy atom. The lowest BCUT2D eigenvalue weighted by atomic mass is 10.1. The smallest absolute Gasteiger partial charge is 0.409 e. The van der Waals surface area contributed by atoms with Gasteiger partial charge in [0.1, 0.15) is 0 Å². The Kier molecular flexibility index (Phi) is 6.46. The maximum absolute atomic E-state index is 12.6. The number of rotatable bonds is 4. The van der Waals surface area contributed by atoms with Gasteiger partial charge in [-0.2, -0.15) is 0 Å². The first-order valence-electron chi connectivity index (χ1n) is 8.61. The van der Waals surface area contributed by atoms with E-state index in [-0.39, 0.29) is 18.2 Å². The summed E-state index contributed by atoms with van der Waals surface area (Å²) in [6.45, 7) is 8.00. The predicted octanol–water partition coefficient (Wildman–Crippen LogP) is 3.15. The van der Waals surface area contributed by atoms with Crippen LogP contribution in [0.15, 0.2) is 24.3 Å². The molecule has 1 saturated heterocycles. The Balaban J connectivity index is 1.89. The van der Waals surface area contributed by atoms with Gasteiger partial charge in [0.05, 0.1) is 6.61 Å². The number of carbonyl (C=O) groups excluding carboxylic acids is 2. The average Bonchev–Trinajstić information content (AvgIpc) is 2.56. The highest BCUT2D eigenvalue weighted by atomic mass is 16.6. The van der Waals surface area contributed by atoms with Crippen LogP contribution >= 0.6 is 0 Å². The van der Waals surface area contributed by atoms with E-state index in [1.54, 1.807) is 16.7 Å². The highest BCUT2D eigenvalue weighted by Crippen LogP contribution is 2.17. The van der Waals surface area contributed by atoms with Crippen LogP contribution in [0, 0.1) is 6.92 Å². The van der Waals surface area contributed by atoms with Gasteiger partial charge in [-0.15, -0.1) is 0 Å². The molecule has 132 valence electrons. The van der Waals surface area contributed by atoms with Crippen LogP contribution in [-0.4, -0.2) is 49.3 Å². The van der Waals surface area contributed by atoms with Gasteiger partial charge in [-0.25, -0.2) is 9.59 Å². The molecule has 1 aromatic carbocycles. The van der Waals surface area contributed by atoms with Gasteiger partial charge in [0.15, 0.2) is 0 Å². The van der Waals surface area contributed by atoms with Gasteiger partial charge in [-0.3, -0.25) is 4.90 Å². The lowest BCUT2D eigenvalue weighted by Crippen LogP contribution is -2.50. The Bertz CT molecular complexity index is 568. The largest absolute Gasteiger partial charge is 0.450 e. The number of benzene rings is 1. The summed E-state index contributed by atoms with van der Waals surface area (Å²) >= 11 is 0. The third-order valence-electron chi connectivity index (χ3n) is 4.22. The number of hydrogen-bond acceptors (Lipinski definition) is 3. The van der Waals surface area contributed by atoms with E-state index >= 15 is 0 Å². The molecule has 0 saturated carbocycles. The fourth-order valence-corrected chi connectivity index (χ4v) is 2.91. The first-order valence-corrected chi connectivity index (χ1v) is 8.61. The minimum absolute atomic E-state index is 0.0852. The van der Waals surface area contributed by atoms with Crippen molar-refractivity contribution >= 4 is 17.8 Å². The molecule has 1 aliphatic rings. The first kappa shape index (κ1) is 18.1. The third-order valence-corrected chi connectivity index (χ3v) is 4.22. The minimum atomic E-state index is -0.266. The van der Waals surface area contributed by atoms with Gasteiger partial charge < -0.3 is 15.0 Å². The monoisotopic (exact) mass is 333 g/mol. The number of carbonyl (C=O) groups is 2. The van der Waals surface area contributed by atoms with Crippen molar-refractivity contribution < 1.29 is 14.3 Å². The first-order chi connectivity index (χ1) is 11.5. The summed E-state index contributed by atoms with van der Waals surface area (Å²) in [5.74, 6) is 0. The van der Waals surface area contributed by atoms with E-state index < -0.39 is 0 Å². The summed E-state index contributed by atoms with van der Waals surface area (Å²) in [5.41, 5.74) is 2.03. The number of ether oxygens (including phenoxy) is 1. The number of nitrogens with one attached hydrogen (secondary N) is 1. The fourth-order valence-electron chi connectivity index (χ4n) is 2.91. The van der Waals surface area contributed by atoms with Crippen molar-refractivity contribution in [2.75, 3.05) is 31.1 Å². The molecule has 1 aliphatic heterocycles. The molecule has 1 aromatic rings. The number of likely N-dealkylation sites (tertiary alicyclic amines) is 1. The minimum Gasteiger partial charge on any atom is -0.450 e. The molecule has 0 aliphatic carbocycles. The maximum Gasteiger partial charge on any atom is 0.409 e. The topological polar surface area (TPSA) is 61.9 Å². The van der Waals surface area contributed by atoms with Gasteiger partial charge in [0.2, 0.25) is 0 Å². The highest BCUT2D eigenvalue weighted by molar-refractivity contribution is 5.92. The summed E-state index contributed by atoms with van der Waals surface area (Å²) in [4.78, 5) is 27.7. The zero-order chi connectivity index (χ0) is 17.5. The lowest BCUT2D eigenvalue weighted by Gasteiger charge is -2.33. The molecule has 0 spiro atoms. The zero-order valence-electron chi connectivity index (χ0n) is 14.7. The lowest BCUT2D eigenvalue weighted by molar-refractivity contribution is 0.0958. The van der Waals surface area contributed by atoms with Crippen molar-refractivity contribution in [1.29, 1.82) is 0 Å². The molecule has 0 radical (unpaired) electrons. The third kappa shape index (κ3) is 4.63. The zero-order valence-corrected chi connectivity index (χ0v) is 14.7. The summed E-state index contributed by atoms with van der Waals surface area (Å²) < 4.78 is 5.01. The number of urea groups is 1. The molecule has 0 atom stereocenters. The molecule has 0 unspecified atom stereocenters. The summed E-state index contributed by atoms with van der Waals surface area (Å²) in [6, 6.07) is 7.92. The van der Waals surface area contributed by atoms with Gasteiger partial charge in [0.25, 0.3) is 0 Å². The normalized spacial score (nSPS) is 15.0. The molecule has 6 heteroatoms. The van der Waals surface area contributed by atoms with Crippen LogP contribution in [0.5, 0.6) is 0 Å². The number of hydrogen-bond donors (Lipinski definition) is 1. The van der Waals surface area contributed by atoms with Crippen LogP contribution in [0.4, 0.5) is 15.3 Å². The van der Waals surface area contributed by atoms with Crippen molar-refractivity contribution in [3.8, 4) is 0 Å². The summed E-state index contributed by atoms with van der Waals surface area (Å²) in [7, 11) is 0. The van der Waals surface area contributed by atoms with Gasteiger partial charge in [-0.1, -0.05) is 12.1 Å². The Hall–Kier alpha value is -2.24. The van der Waals surface area contributed by atoms with Crippen LogP contribution in [-0.2, 0) is 4.74 Å². The van der Waals surface area contributed by atoms with E-state index in [1.807, 2.05) is 38.1 Å². The van der Waals surface area contributed by atoms with Crippen molar-refractivity contribution in [2.45, 2.75) is 39.7 Å².